The lowest BCUT2D eigenvalue weighted by molar-refractivity contribution is -0.870. The minimum Gasteiger partial charge on any atom is -0.756 e. The number of esters is 2. The van der Waals surface area contributed by atoms with Gasteiger partial charge in [-0.2, -0.15) is 0 Å². The molecule has 0 rings (SSSR count). The van der Waals surface area contributed by atoms with Crippen molar-refractivity contribution in [2.45, 2.75) is 129 Å². The first-order valence-electron chi connectivity index (χ1n) is 18.5. The van der Waals surface area contributed by atoms with Gasteiger partial charge in [0.1, 0.15) is 19.8 Å². The normalized spacial score (nSPS) is 14.5. The fraction of sp³-hybridized carbons (Fsp3) is 0.692. The molecule has 282 valence electrons. The van der Waals surface area contributed by atoms with Gasteiger partial charge in [-0.15, -0.1) is 0 Å². The number of ether oxygens (including phenoxy) is 2. The van der Waals surface area contributed by atoms with E-state index in [0.29, 0.717) is 23.9 Å². The van der Waals surface area contributed by atoms with Crippen LogP contribution >= 0.6 is 7.82 Å². The van der Waals surface area contributed by atoms with Crippen LogP contribution in [0.25, 0.3) is 0 Å². The zero-order valence-electron chi connectivity index (χ0n) is 31.4. The highest BCUT2D eigenvalue weighted by molar-refractivity contribution is 7.45. The molecule has 0 fully saturated rings. The summed E-state index contributed by atoms with van der Waals surface area (Å²) in [5, 5.41) is 0. The molecule has 10 heteroatoms. The summed E-state index contributed by atoms with van der Waals surface area (Å²) >= 11 is 0. The number of unbranched alkanes of at least 4 members (excludes halogenated alkanes) is 11. The summed E-state index contributed by atoms with van der Waals surface area (Å²) in [7, 11) is 1.12. The minimum atomic E-state index is -4.63. The number of carbonyl (C=O) groups excluding carboxylic acids is 2. The van der Waals surface area contributed by atoms with Gasteiger partial charge in [-0.3, -0.25) is 14.2 Å². The first-order chi connectivity index (χ1) is 23.5. The Bertz CT molecular complexity index is 1030. The Balaban J connectivity index is 4.57. The molecule has 0 radical (unpaired) electrons. The van der Waals surface area contributed by atoms with Crippen LogP contribution in [0.3, 0.4) is 0 Å². The highest BCUT2D eigenvalue weighted by Crippen LogP contribution is 2.38. The van der Waals surface area contributed by atoms with Crippen LogP contribution in [0, 0.1) is 0 Å². The molecule has 0 aromatic rings. The molecular weight excluding hydrogens is 641 g/mol. The number of carbonyl (C=O) groups is 2. The largest absolute Gasteiger partial charge is 0.756 e. The number of nitrogens with zero attached hydrogens (tertiary/aromatic N) is 1. The predicted molar refractivity (Wildman–Crippen MR) is 199 cm³/mol. The number of hydrogen-bond acceptors (Lipinski definition) is 8. The molecular formula is C39H68NO8P. The third kappa shape index (κ3) is 35.3. The number of hydrogen-bond donors (Lipinski definition) is 0. The first-order valence-corrected chi connectivity index (χ1v) is 20.0. The fourth-order valence-electron chi connectivity index (χ4n) is 4.42. The molecule has 0 aliphatic heterocycles. The molecule has 0 aliphatic rings. The number of allylic oxidation sites excluding steroid dienone is 10. The van der Waals surface area contributed by atoms with Crippen LogP contribution in [0.5, 0.6) is 0 Å². The maximum Gasteiger partial charge on any atom is 0.306 e. The van der Waals surface area contributed by atoms with Crippen molar-refractivity contribution < 1.29 is 42.1 Å². The SMILES string of the molecule is CC/C=C/C=C/C=C/C=C/CCCCCC(=O)OC(COC(=O)CCCCCCC/C=C/CCCCC)COP(=O)([O-])OCC[N+](C)(C)C. The molecule has 2 unspecified atom stereocenters. The highest BCUT2D eigenvalue weighted by atomic mass is 31.2. The van der Waals surface area contributed by atoms with Crippen LogP contribution in [0.1, 0.15) is 123 Å². The maximum atomic E-state index is 12.6. The number of phosphoric acid groups is 1. The van der Waals surface area contributed by atoms with Crippen molar-refractivity contribution in [3.05, 3.63) is 60.8 Å². The van der Waals surface area contributed by atoms with Gasteiger partial charge in [0.25, 0.3) is 7.82 Å². The van der Waals surface area contributed by atoms with Gasteiger partial charge in [0.05, 0.1) is 27.7 Å². The summed E-state index contributed by atoms with van der Waals surface area (Å²) in [5.41, 5.74) is 0. The van der Waals surface area contributed by atoms with E-state index in [-0.39, 0.29) is 26.1 Å². The van der Waals surface area contributed by atoms with E-state index in [0.717, 1.165) is 64.2 Å². The van der Waals surface area contributed by atoms with E-state index < -0.39 is 32.5 Å². The van der Waals surface area contributed by atoms with Crippen molar-refractivity contribution in [1.29, 1.82) is 0 Å². The molecule has 2 atom stereocenters. The van der Waals surface area contributed by atoms with Crippen molar-refractivity contribution in [3.63, 3.8) is 0 Å². The third-order valence-corrected chi connectivity index (χ3v) is 8.33. The second-order valence-electron chi connectivity index (χ2n) is 13.3. The molecule has 0 spiro atoms. The molecule has 0 amide bonds. The summed E-state index contributed by atoms with van der Waals surface area (Å²) in [4.78, 5) is 37.3. The zero-order valence-corrected chi connectivity index (χ0v) is 32.3. The Morgan fingerprint density at radius 3 is 1.82 bits per heavy atom. The van der Waals surface area contributed by atoms with E-state index >= 15 is 0 Å². The van der Waals surface area contributed by atoms with Crippen molar-refractivity contribution in [1.82, 2.24) is 0 Å². The van der Waals surface area contributed by atoms with Crippen LogP contribution in [0.2, 0.25) is 0 Å². The maximum absolute atomic E-state index is 12.6. The van der Waals surface area contributed by atoms with Gasteiger partial charge in [-0.05, 0) is 57.8 Å². The van der Waals surface area contributed by atoms with Gasteiger partial charge in [0, 0.05) is 12.8 Å². The smallest absolute Gasteiger partial charge is 0.306 e. The standard InChI is InChI=1S/C39H68NO8P/c1-6-8-10-12-14-16-18-20-22-24-26-28-30-32-39(42)48-37(36-47-49(43,44)46-34-33-40(3,4)5)35-45-38(41)31-29-27-25-23-21-19-17-15-13-11-9-7-2/h8,10,12,14-18,20,22,37H,6-7,9,11,13,19,21,23-36H2,1-5H3/b10-8+,14-12+,17-15+,18-16+,22-20+. The average molecular weight is 710 g/mol. The fourth-order valence-corrected chi connectivity index (χ4v) is 5.15. The van der Waals surface area contributed by atoms with Crippen LogP contribution in [-0.2, 0) is 32.7 Å². The minimum absolute atomic E-state index is 0.0430. The first kappa shape index (κ1) is 46.7. The molecule has 0 saturated heterocycles. The van der Waals surface area contributed by atoms with E-state index in [2.05, 4.69) is 38.2 Å². The van der Waals surface area contributed by atoms with Crippen molar-refractivity contribution in [2.24, 2.45) is 0 Å². The lowest BCUT2D eigenvalue weighted by atomic mass is 10.1. The molecule has 0 heterocycles. The van der Waals surface area contributed by atoms with Crippen LogP contribution in [-0.4, -0.2) is 70.0 Å². The lowest BCUT2D eigenvalue weighted by Crippen LogP contribution is -2.37. The van der Waals surface area contributed by atoms with Crippen molar-refractivity contribution in [2.75, 3.05) is 47.5 Å². The quantitative estimate of drug-likeness (QED) is 0.0170. The average Bonchev–Trinajstić information content (AvgIpc) is 3.04. The van der Waals surface area contributed by atoms with Gasteiger partial charge >= 0.3 is 11.9 Å². The summed E-state index contributed by atoms with van der Waals surface area (Å²) in [6, 6.07) is 0. The van der Waals surface area contributed by atoms with E-state index in [1.165, 1.54) is 19.3 Å². The summed E-state index contributed by atoms with van der Waals surface area (Å²) < 4.78 is 33.6. The summed E-state index contributed by atoms with van der Waals surface area (Å²) in [6.45, 7) is 3.96. The third-order valence-electron chi connectivity index (χ3n) is 7.37. The number of quaternary nitrogens is 1. The lowest BCUT2D eigenvalue weighted by Gasteiger charge is -2.28. The number of likely N-dealkylation sites (N-methyl/N-ethyl adjacent to an activating group) is 1. The summed E-state index contributed by atoms with van der Waals surface area (Å²) in [5.74, 6) is -0.901. The molecule has 0 saturated carbocycles. The highest BCUT2D eigenvalue weighted by Gasteiger charge is 2.21. The van der Waals surface area contributed by atoms with Crippen molar-refractivity contribution >= 4 is 19.8 Å². The van der Waals surface area contributed by atoms with E-state index in [1.807, 2.05) is 57.6 Å². The van der Waals surface area contributed by atoms with Gasteiger partial charge < -0.3 is 27.9 Å². The second kappa shape index (κ2) is 31.7. The molecule has 0 aliphatic carbocycles. The molecule has 0 bridgehead atoms. The topological polar surface area (TPSA) is 111 Å². The van der Waals surface area contributed by atoms with E-state index in [4.69, 9.17) is 18.5 Å². The van der Waals surface area contributed by atoms with Crippen LogP contribution in [0.15, 0.2) is 60.8 Å². The molecule has 0 N–H and O–H groups in total. The predicted octanol–water partition coefficient (Wildman–Crippen LogP) is 9.10. The Labute approximate surface area is 298 Å². The molecule has 0 aromatic carbocycles. The van der Waals surface area contributed by atoms with Crippen LogP contribution < -0.4 is 4.89 Å². The van der Waals surface area contributed by atoms with E-state index in [9.17, 15) is 19.0 Å². The van der Waals surface area contributed by atoms with Crippen LogP contribution in [0.4, 0.5) is 0 Å². The Kier molecular flexibility index (Phi) is 30.2. The molecule has 9 nitrogen and oxygen atoms in total. The summed E-state index contributed by atoms with van der Waals surface area (Å²) in [6.07, 6.45) is 35.4. The van der Waals surface area contributed by atoms with Gasteiger partial charge in [-0.25, -0.2) is 0 Å². The Hall–Kier alpha value is -2.29. The monoisotopic (exact) mass is 709 g/mol. The zero-order chi connectivity index (χ0) is 36.5. The Morgan fingerprint density at radius 2 is 1.18 bits per heavy atom. The van der Waals surface area contributed by atoms with Gasteiger partial charge in [-0.1, -0.05) is 113 Å². The van der Waals surface area contributed by atoms with Gasteiger partial charge in [0.2, 0.25) is 0 Å². The van der Waals surface area contributed by atoms with E-state index in [1.54, 1.807) is 0 Å². The Morgan fingerprint density at radius 1 is 0.653 bits per heavy atom. The number of rotatable bonds is 32. The second-order valence-corrected chi connectivity index (χ2v) is 14.7. The van der Waals surface area contributed by atoms with Crippen molar-refractivity contribution in [3.8, 4) is 0 Å². The number of phosphoric ester groups is 1. The van der Waals surface area contributed by atoms with Gasteiger partial charge in [0.15, 0.2) is 6.10 Å². The molecule has 49 heavy (non-hydrogen) atoms. The molecule has 0 aromatic heterocycles.